The summed E-state index contributed by atoms with van der Waals surface area (Å²) in [6.07, 6.45) is 0. The lowest BCUT2D eigenvalue weighted by Gasteiger charge is -2.22. The van der Waals surface area contributed by atoms with Gasteiger partial charge < -0.3 is 0 Å². The standard InChI is InChI=1S/C49H32N2/c1-49(2)44-25-30(29-50)19-22-38(44)39-23-21-34(27-45(39)49)33-14-10-15-35(26-33)42-28-43-46(40-18-9-8-17-37(40)42)41-24-20-31-11-6-7-16-36(31)48(41)51-47(43)32-12-4-3-5-13-32/h3-28H,1-2H3. The van der Waals surface area contributed by atoms with E-state index in [1.807, 2.05) is 6.07 Å². The van der Waals surface area contributed by atoms with E-state index >= 15 is 0 Å². The van der Waals surface area contributed by atoms with Crippen molar-refractivity contribution in [1.82, 2.24) is 4.98 Å². The van der Waals surface area contributed by atoms with E-state index in [4.69, 9.17) is 4.98 Å². The van der Waals surface area contributed by atoms with Crippen LogP contribution < -0.4 is 0 Å². The number of rotatable bonds is 3. The van der Waals surface area contributed by atoms with E-state index in [0.29, 0.717) is 5.56 Å². The Kier molecular flexibility index (Phi) is 6.32. The van der Waals surface area contributed by atoms with Crippen LogP contribution >= 0.6 is 0 Å². The number of fused-ring (bicyclic) bond motifs is 10. The van der Waals surface area contributed by atoms with Crippen molar-refractivity contribution in [2.45, 2.75) is 19.3 Å². The number of hydrogen-bond donors (Lipinski definition) is 0. The van der Waals surface area contributed by atoms with Gasteiger partial charge in [-0.05, 0) is 91.0 Å². The SMILES string of the molecule is CC1(C)c2cc(C#N)ccc2-c2ccc(-c3cccc(-c4cc5c(-c6ccccc6)nc6c7ccccc7ccc6c5c5ccccc45)c3)cc21. The fourth-order valence-electron chi connectivity index (χ4n) is 8.51. The van der Waals surface area contributed by atoms with E-state index in [1.165, 1.54) is 76.8 Å². The Labute approximate surface area is 296 Å². The molecule has 51 heavy (non-hydrogen) atoms. The zero-order valence-corrected chi connectivity index (χ0v) is 28.4. The molecule has 0 atom stereocenters. The highest BCUT2D eigenvalue weighted by Gasteiger charge is 2.35. The summed E-state index contributed by atoms with van der Waals surface area (Å²) in [5.74, 6) is 0. The number of nitriles is 1. The van der Waals surface area contributed by atoms with Gasteiger partial charge in [0, 0.05) is 32.5 Å². The molecule has 0 saturated carbocycles. The molecule has 0 fully saturated rings. The Hall–Kier alpha value is -6.56. The predicted octanol–water partition coefficient (Wildman–Crippen LogP) is 12.9. The van der Waals surface area contributed by atoms with Crippen molar-refractivity contribution in [3.05, 3.63) is 174 Å². The Morgan fingerprint density at radius 1 is 0.471 bits per heavy atom. The summed E-state index contributed by atoms with van der Waals surface area (Å²) in [5, 5.41) is 18.0. The zero-order chi connectivity index (χ0) is 34.3. The van der Waals surface area contributed by atoms with Crippen LogP contribution in [0.25, 0.3) is 87.9 Å². The molecule has 1 aliphatic carbocycles. The average molecular weight is 649 g/mol. The van der Waals surface area contributed by atoms with Crippen molar-refractivity contribution in [1.29, 1.82) is 5.26 Å². The number of pyridine rings is 1. The van der Waals surface area contributed by atoms with Gasteiger partial charge in [0.2, 0.25) is 0 Å². The second-order valence-electron chi connectivity index (χ2n) is 14.2. The Bertz CT molecular complexity index is 2950. The van der Waals surface area contributed by atoms with Crippen LogP contribution in [0, 0.1) is 11.3 Å². The lowest BCUT2D eigenvalue weighted by atomic mass is 9.81. The molecule has 0 radical (unpaired) electrons. The van der Waals surface area contributed by atoms with E-state index < -0.39 is 0 Å². The molecule has 1 aromatic heterocycles. The highest BCUT2D eigenvalue weighted by atomic mass is 14.7. The monoisotopic (exact) mass is 648 g/mol. The van der Waals surface area contributed by atoms with Gasteiger partial charge in [-0.3, -0.25) is 0 Å². The average Bonchev–Trinajstić information content (AvgIpc) is 3.42. The molecular weight excluding hydrogens is 617 g/mol. The largest absolute Gasteiger partial charge is 0.246 e. The van der Waals surface area contributed by atoms with E-state index in [9.17, 15) is 5.26 Å². The minimum Gasteiger partial charge on any atom is -0.246 e. The van der Waals surface area contributed by atoms with Crippen molar-refractivity contribution in [2.75, 3.05) is 0 Å². The summed E-state index contributed by atoms with van der Waals surface area (Å²) in [6.45, 7) is 4.54. The van der Waals surface area contributed by atoms with Gasteiger partial charge in [0.1, 0.15) is 0 Å². The molecule has 10 rings (SSSR count). The molecule has 0 unspecified atom stereocenters. The van der Waals surface area contributed by atoms with Gasteiger partial charge in [-0.2, -0.15) is 5.26 Å². The minimum absolute atomic E-state index is 0.200. The molecule has 1 aliphatic rings. The van der Waals surface area contributed by atoms with E-state index in [-0.39, 0.29) is 5.41 Å². The Morgan fingerprint density at radius 2 is 1.14 bits per heavy atom. The van der Waals surface area contributed by atoms with Crippen LogP contribution in [0.2, 0.25) is 0 Å². The van der Waals surface area contributed by atoms with Gasteiger partial charge in [-0.25, -0.2) is 4.98 Å². The third-order valence-corrected chi connectivity index (χ3v) is 11.1. The first kappa shape index (κ1) is 29.4. The smallest absolute Gasteiger partial charge is 0.0991 e. The maximum absolute atomic E-state index is 9.60. The molecule has 9 aromatic rings. The minimum atomic E-state index is -0.200. The van der Waals surface area contributed by atoms with Crippen molar-refractivity contribution >= 4 is 43.2 Å². The summed E-state index contributed by atoms with van der Waals surface area (Å²) in [5.41, 5.74) is 13.4. The van der Waals surface area contributed by atoms with Crippen LogP contribution in [0.15, 0.2) is 158 Å². The summed E-state index contributed by atoms with van der Waals surface area (Å²) >= 11 is 0. The summed E-state index contributed by atoms with van der Waals surface area (Å²) in [6, 6.07) is 59.1. The van der Waals surface area contributed by atoms with Gasteiger partial charge >= 0.3 is 0 Å². The highest BCUT2D eigenvalue weighted by molar-refractivity contribution is 6.28. The molecule has 238 valence electrons. The van der Waals surface area contributed by atoms with Gasteiger partial charge in [0.15, 0.2) is 0 Å². The van der Waals surface area contributed by atoms with Crippen LogP contribution in [0.5, 0.6) is 0 Å². The maximum atomic E-state index is 9.60. The number of benzene rings is 8. The summed E-state index contributed by atoms with van der Waals surface area (Å²) < 4.78 is 0. The first-order valence-corrected chi connectivity index (χ1v) is 17.5. The lowest BCUT2D eigenvalue weighted by molar-refractivity contribution is 0.660. The molecule has 1 heterocycles. The van der Waals surface area contributed by atoms with E-state index in [1.54, 1.807) is 0 Å². The molecule has 2 heteroatoms. The van der Waals surface area contributed by atoms with Crippen molar-refractivity contribution in [2.24, 2.45) is 0 Å². The molecule has 0 N–H and O–H groups in total. The Morgan fingerprint density at radius 3 is 1.96 bits per heavy atom. The predicted molar refractivity (Wildman–Crippen MR) is 213 cm³/mol. The fraction of sp³-hybridized carbons (Fsp3) is 0.0612. The molecule has 0 amide bonds. The summed E-state index contributed by atoms with van der Waals surface area (Å²) in [4.78, 5) is 5.47. The number of hydrogen-bond acceptors (Lipinski definition) is 2. The molecule has 2 nitrogen and oxygen atoms in total. The number of nitrogens with zero attached hydrogens (tertiary/aromatic N) is 2. The second kappa shape index (κ2) is 11.0. The quantitative estimate of drug-likeness (QED) is 0.179. The highest BCUT2D eigenvalue weighted by Crippen LogP contribution is 2.50. The Balaban J connectivity index is 1.20. The van der Waals surface area contributed by atoms with Crippen molar-refractivity contribution in [3.8, 4) is 50.7 Å². The fourth-order valence-corrected chi connectivity index (χ4v) is 8.51. The van der Waals surface area contributed by atoms with Gasteiger partial charge in [0.05, 0.1) is 22.8 Å². The summed E-state index contributed by atoms with van der Waals surface area (Å²) in [7, 11) is 0. The molecular formula is C49H32N2. The lowest BCUT2D eigenvalue weighted by Crippen LogP contribution is -2.15. The van der Waals surface area contributed by atoms with E-state index in [2.05, 4.69) is 172 Å². The zero-order valence-electron chi connectivity index (χ0n) is 28.4. The van der Waals surface area contributed by atoms with Gasteiger partial charge in [0.25, 0.3) is 0 Å². The van der Waals surface area contributed by atoms with Crippen LogP contribution in [0.3, 0.4) is 0 Å². The normalized spacial score (nSPS) is 13.0. The second-order valence-corrected chi connectivity index (χ2v) is 14.2. The molecule has 0 aliphatic heterocycles. The first-order valence-electron chi connectivity index (χ1n) is 17.5. The molecule has 0 saturated heterocycles. The van der Waals surface area contributed by atoms with E-state index in [0.717, 1.165) is 22.2 Å². The first-order chi connectivity index (χ1) is 25.0. The topological polar surface area (TPSA) is 36.7 Å². The van der Waals surface area contributed by atoms with Crippen LogP contribution in [0.4, 0.5) is 0 Å². The van der Waals surface area contributed by atoms with Crippen molar-refractivity contribution < 1.29 is 0 Å². The maximum Gasteiger partial charge on any atom is 0.0991 e. The number of aromatic nitrogens is 1. The van der Waals surface area contributed by atoms with Gasteiger partial charge in [-0.1, -0.05) is 141 Å². The molecule has 8 aromatic carbocycles. The van der Waals surface area contributed by atoms with Crippen LogP contribution in [0.1, 0.15) is 30.5 Å². The van der Waals surface area contributed by atoms with Crippen LogP contribution in [-0.4, -0.2) is 4.98 Å². The van der Waals surface area contributed by atoms with Gasteiger partial charge in [-0.15, -0.1) is 0 Å². The third-order valence-electron chi connectivity index (χ3n) is 11.1. The van der Waals surface area contributed by atoms with Crippen LogP contribution in [-0.2, 0) is 5.41 Å². The molecule has 0 bridgehead atoms. The van der Waals surface area contributed by atoms with Crippen molar-refractivity contribution in [3.63, 3.8) is 0 Å². The third kappa shape index (κ3) is 4.38. The molecule has 0 spiro atoms.